The Kier molecular flexibility index (Phi) is 3.64. The lowest BCUT2D eigenvalue weighted by molar-refractivity contribution is -0.137. The number of hydrogen-bond donors (Lipinski definition) is 0. The van der Waals surface area contributed by atoms with Crippen molar-refractivity contribution in [2.45, 2.75) is 39.5 Å². The minimum atomic E-state index is -1.09. The number of aromatic nitrogens is 1. The van der Waals surface area contributed by atoms with E-state index in [0.717, 1.165) is 40.1 Å². The highest BCUT2D eigenvalue weighted by Gasteiger charge is 2.50. The number of fused-ring (bicyclic) bond motifs is 3. The van der Waals surface area contributed by atoms with Crippen LogP contribution in [0.2, 0.25) is 0 Å². The molecule has 2 atom stereocenters. The zero-order valence-electron chi connectivity index (χ0n) is 13.8. The fourth-order valence-corrected chi connectivity index (χ4v) is 5.08. The second kappa shape index (κ2) is 5.59. The molecule has 2 saturated carbocycles. The fraction of sp³-hybridized carbons (Fsp3) is 0.474. The van der Waals surface area contributed by atoms with E-state index in [0.29, 0.717) is 12.0 Å². The van der Waals surface area contributed by atoms with E-state index < -0.39 is 5.92 Å². The first kappa shape index (κ1) is 15.6. The topological polar surface area (TPSA) is 64.1 Å². The van der Waals surface area contributed by atoms with Crippen LogP contribution in [0.5, 0.6) is 0 Å². The molecule has 0 radical (unpaired) electrons. The first-order valence-corrected chi connectivity index (χ1v) is 9.33. The molecular formula is C19H19NO3S. The quantitative estimate of drug-likeness (QED) is 0.633. The van der Waals surface area contributed by atoms with E-state index in [2.05, 4.69) is 4.98 Å². The van der Waals surface area contributed by atoms with Gasteiger partial charge in [0.15, 0.2) is 17.3 Å². The maximum absolute atomic E-state index is 13.0. The molecule has 2 fully saturated rings. The van der Waals surface area contributed by atoms with E-state index in [1.54, 1.807) is 17.4 Å². The number of ketones is 3. The van der Waals surface area contributed by atoms with E-state index in [1.807, 2.05) is 19.9 Å². The third-order valence-corrected chi connectivity index (χ3v) is 6.66. The minimum absolute atomic E-state index is 0.100. The summed E-state index contributed by atoms with van der Waals surface area (Å²) in [6.45, 7) is 3.91. The smallest absolute Gasteiger partial charge is 0.181 e. The van der Waals surface area contributed by atoms with Gasteiger partial charge in [0.1, 0.15) is 5.92 Å². The summed E-state index contributed by atoms with van der Waals surface area (Å²) in [5.74, 6) is -1.94. The van der Waals surface area contributed by atoms with Crippen LogP contribution in [0.1, 0.15) is 47.1 Å². The molecule has 0 aliphatic heterocycles. The predicted octanol–water partition coefficient (Wildman–Crippen LogP) is 3.53. The molecule has 0 spiro atoms. The van der Waals surface area contributed by atoms with Crippen LogP contribution in [0, 0.1) is 24.7 Å². The van der Waals surface area contributed by atoms with Crippen molar-refractivity contribution in [2.75, 3.05) is 0 Å². The fourth-order valence-electron chi connectivity index (χ4n) is 4.11. The van der Waals surface area contributed by atoms with E-state index >= 15 is 0 Å². The van der Waals surface area contributed by atoms with E-state index in [-0.39, 0.29) is 29.2 Å². The Morgan fingerprint density at radius 1 is 1.21 bits per heavy atom. The predicted molar refractivity (Wildman–Crippen MR) is 92.4 cm³/mol. The molecule has 1 aromatic carbocycles. The lowest BCUT2D eigenvalue weighted by Crippen LogP contribution is -2.41. The van der Waals surface area contributed by atoms with Gasteiger partial charge in [-0.2, -0.15) is 0 Å². The van der Waals surface area contributed by atoms with Crippen LogP contribution in [0.3, 0.4) is 0 Å². The maximum atomic E-state index is 13.0. The average Bonchev–Trinajstić information content (AvgIpc) is 3.19. The highest BCUT2D eigenvalue weighted by atomic mass is 32.1. The van der Waals surface area contributed by atoms with Gasteiger partial charge in [0.2, 0.25) is 0 Å². The molecule has 4 nitrogen and oxygen atoms in total. The Balaban J connectivity index is 1.76. The molecule has 1 heterocycles. The summed E-state index contributed by atoms with van der Waals surface area (Å²) in [6.07, 6.45) is 3.00. The van der Waals surface area contributed by atoms with Crippen molar-refractivity contribution in [3.63, 3.8) is 0 Å². The van der Waals surface area contributed by atoms with Gasteiger partial charge in [0.25, 0.3) is 0 Å². The molecule has 0 N–H and O–H groups in total. The molecule has 5 heteroatoms. The molecular weight excluding hydrogens is 322 g/mol. The van der Waals surface area contributed by atoms with Crippen molar-refractivity contribution in [3.8, 4) is 0 Å². The van der Waals surface area contributed by atoms with Gasteiger partial charge in [-0.15, -0.1) is 11.3 Å². The number of aryl methyl sites for hydroxylation is 2. The molecule has 24 heavy (non-hydrogen) atoms. The van der Waals surface area contributed by atoms with E-state index in [4.69, 9.17) is 0 Å². The summed E-state index contributed by atoms with van der Waals surface area (Å²) in [5.41, 5.74) is 2.08. The summed E-state index contributed by atoms with van der Waals surface area (Å²) in [7, 11) is 0. The molecule has 0 saturated heterocycles. The number of carbonyl (C=O) groups excluding carboxylic acids is 3. The highest BCUT2D eigenvalue weighted by Crippen LogP contribution is 2.41. The average molecular weight is 341 g/mol. The van der Waals surface area contributed by atoms with Crippen LogP contribution in [0.15, 0.2) is 12.1 Å². The van der Waals surface area contributed by atoms with Gasteiger partial charge in [-0.25, -0.2) is 4.98 Å². The molecule has 124 valence electrons. The standard InChI is InChI=1S/C19H19NO3S/c1-3-14-20-16-9(2)12(6-7-13(16)24-14)19(23)15-17(21)10-4-5-11(8-10)18(15)22/h6-7,10-11,15H,3-5,8H2,1-2H3. The monoisotopic (exact) mass is 341 g/mol. The first-order chi connectivity index (χ1) is 11.5. The third-order valence-electron chi connectivity index (χ3n) is 5.49. The van der Waals surface area contributed by atoms with Crippen LogP contribution in [-0.4, -0.2) is 22.3 Å². The number of rotatable bonds is 3. The SMILES string of the molecule is CCc1nc2c(C)c(C(=O)C3C(=O)C4CCC(C4)C3=O)ccc2s1. The molecule has 1 aromatic heterocycles. The Hall–Kier alpha value is -1.88. The Morgan fingerprint density at radius 3 is 2.50 bits per heavy atom. The van der Waals surface area contributed by atoms with Gasteiger partial charge in [-0.1, -0.05) is 6.92 Å². The number of thiazole rings is 1. The first-order valence-electron chi connectivity index (χ1n) is 8.52. The van der Waals surface area contributed by atoms with Gasteiger partial charge < -0.3 is 0 Å². The highest BCUT2D eigenvalue weighted by molar-refractivity contribution is 7.18. The van der Waals surface area contributed by atoms with Gasteiger partial charge >= 0.3 is 0 Å². The lowest BCUT2D eigenvalue weighted by Gasteiger charge is -2.24. The van der Waals surface area contributed by atoms with Crippen molar-refractivity contribution < 1.29 is 14.4 Å². The van der Waals surface area contributed by atoms with Crippen LogP contribution in [0.25, 0.3) is 10.2 Å². The van der Waals surface area contributed by atoms with Crippen LogP contribution in [0.4, 0.5) is 0 Å². The van der Waals surface area contributed by atoms with Crippen LogP contribution >= 0.6 is 11.3 Å². The summed E-state index contributed by atoms with van der Waals surface area (Å²) in [6, 6.07) is 3.65. The summed E-state index contributed by atoms with van der Waals surface area (Å²) >= 11 is 1.62. The van der Waals surface area contributed by atoms with Gasteiger partial charge in [-0.3, -0.25) is 14.4 Å². The van der Waals surface area contributed by atoms with Crippen molar-refractivity contribution in [1.82, 2.24) is 4.98 Å². The van der Waals surface area contributed by atoms with Gasteiger partial charge in [-0.05, 0) is 50.3 Å². The van der Waals surface area contributed by atoms with Gasteiger partial charge in [0.05, 0.1) is 15.2 Å². The normalized spacial score (nSPS) is 26.3. The summed E-state index contributed by atoms with van der Waals surface area (Å²) in [5, 5.41) is 1.03. The molecule has 2 unspecified atom stereocenters. The molecule has 2 aliphatic carbocycles. The summed E-state index contributed by atoms with van der Waals surface area (Å²) in [4.78, 5) is 42.8. The van der Waals surface area contributed by atoms with Crippen molar-refractivity contribution in [3.05, 3.63) is 28.3 Å². The third kappa shape index (κ3) is 2.18. The molecule has 2 aliphatic rings. The number of Topliss-reactive ketones (excluding diaryl/α,β-unsaturated/α-hetero) is 3. The Labute approximate surface area is 144 Å². The minimum Gasteiger partial charge on any atom is -0.298 e. The Bertz CT molecular complexity index is 860. The van der Waals surface area contributed by atoms with Gasteiger partial charge in [0, 0.05) is 17.4 Å². The second-order valence-corrected chi connectivity index (χ2v) is 7.97. The van der Waals surface area contributed by atoms with Crippen LogP contribution in [-0.2, 0) is 16.0 Å². The van der Waals surface area contributed by atoms with E-state index in [1.165, 1.54) is 0 Å². The zero-order chi connectivity index (χ0) is 17.0. The molecule has 2 aromatic rings. The number of hydrogen-bond acceptors (Lipinski definition) is 5. The molecule has 2 bridgehead atoms. The van der Waals surface area contributed by atoms with Crippen molar-refractivity contribution in [2.24, 2.45) is 17.8 Å². The Morgan fingerprint density at radius 2 is 1.88 bits per heavy atom. The largest absolute Gasteiger partial charge is 0.298 e. The number of nitrogens with zero attached hydrogens (tertiary/aromatic N) is 1. The lowest BCUT2D eigenvalue weighted by atomic mass is 9.75. The van der Waals surface area contributed by atoms with Crippen molar-refractivity contribution in [1.29, 1.82) is 0 Å². The molecule has 0 amide bonds. The van der Waals surface area contributed by atoms with E-state index in [9.17, 15) is 14.4 Å². The summed E-state index contributed by atoms with van der Waals surface area (Å²) < 4.78 is 1.04. The molecule has 4 rings (SSSR count). The number of benzene rings is 1. The maximum Gasteiger partial charge on any atom is 0.181 e. The second-order valence-electron chi connectivity index (χ2n) is 6.85. The number of carbonyl (C=O) groups is 3. The van der Waals surface area contributed by atoms with Crippen LogP contribution < -0.4 is 0 Å². The van der Waals surface area contributed by atoms with Crippen molar-refractivity contribution >= 4 is 38.9 Å². The zero-order valence-corrected chi connectivity index (χ0v) is 14.6.